The van der Waals surface area contributed by atoms with Crippen LogP contribution in [0.5, 0.6) is 0 Å². The highest BCUT2D eigenvalue weighted by Gasteiger charge is 2.29. The maximum absolute atomic E-state index is 13.3. The number of para-hydroxylation sites is 1. The fourth-order valence-electron chi connectivity index (χ4n) is 3.75. The molecule has 8 heteroatoms. The van der Waals surface area contributed by atoms with E-state index in [4.69, 9.17) is 11.6 Å². The number of halogens is 1. The lowest BCUT2D eigenvalue weighted by atomic mass is 10.0. The number of fused-ring (bicyclic) bond motifs is 1. The Morgan fingerprint density at radius 1 is 0.938 bits per heavy atom. The lowest BCUT2D eigenvalue weighted by Gasteiger charge is -2.28. The molecule has 0 aromatic heterocycles. The molecule has 0 fully saturated rings. The summed E-state index contributed by atoms with van der Waals surface area (Å²) in [5, 5.41) is 2.78. The third-order valence-corrected chi connectivity index (χ3v) is 7.64. The summed E-state index contributed by atoms with van der Waals surface area (Å²) in [5.74, 6) is -0.793. The minimum atomic E-state index is -3.83. The fourth-order valence-corrected chi connectivity index (χ4v) is 5.40. The topological polar surface area (TPSA) is 83.5 Å². The Morgan fingerprint density at radius 3 is 2.38 bits per heavy atom. The molecule has 4 rings (SSSR count). The second-order valence-electron chi connectivity index (χ2n) is 7.55. The largest absolute Gasteiger partial charge is 0.321 e. The van der Waals surface area contributed by atoms with Crippen LogP contribution in [-0.4, -0.2) is 31.0 Å². The van der Waals surface area contributed by atoms with Gasteiger partial charge >= 0.3 is 0 Å². The van der Waals surface area contributed by atoms with Crippen molar-refractivity contribution in [2.75, 3.05) is 11.9 Å². The van der Waals surface area contributed by atoms with Crippen molar-refractivity contribution in [1.82, 2.24) is 4.31 Å². The Bertz CT molecular complexity index is 1320. The van der Waals surface area contributed by atoms with Crippen molar-refractivity contribution >= 4 is 39.0 Å². The van der Waals surface area contributed by atoms with Crippen LogP contribution in [0.2, 0.25) is 5.02 Å². The van der Waals surface area contributed by atoms with E-state index in [0.717, 1.165) is 11.1 Å². The Kier molecular flexibility index (Phi) is 6.15. The lowest BCUT2D eigenvalue weighted by molar-refractivity contribution is 0.101. The van der Waals surface area contributed by atoms with E-state index >= 15 is 0 Å². The van der Waals surface area contributed by atoms with Crippen molar-refractivity contribution in [3.63, 3.8) is 0 Å². The molecule has 1 aliphatic heterocycles. The number of Topliss-reactive ketones (excluding diaryl/α,β-unsaturated/α-hetero) is 1. The van der Waals surface area contributed by atoms with Crippen molar-refractivity contribution in [1.29, 1.82) is 0 Å². The van der Waals surface area contributed by atoms with Crippen LogP contribution >= 0.6 is 11.6 Å². The van der Waals surface area contributed by atoms with Crippen LogP contribution in [0.1, 0.15) is 38.8 Å². The van der Waals surface area contributed by atoms with Gasteiger partial charge in [-0.2, -0.15) is 4.31 Å². The number of ketones is 1. The van der Waals surface area contributed by atoms with Crippen LogP contribution in [0.4, 0.5) is 5.69 Å². The summed E-state index contributed by atoms with van der Waals surface area (Å²) in [6.07, 6.45) is 0.623. The van der Waals surface area contributed by atoms with Gasteiger partial charge in [-0.05, 0) is 54.8 Å². The van der Waals surface area contributed by atoms with Crippen molar-refractivity contribution in [3.05, 3.63) is 94.0 Å². The summed E-state index contributed by atoms with van der Waals surface area (Å²) in [4.78, 5) is 24.7. The maximum Gasteiger partial charge on any atom is 0.257 e. The molecule has 6 nitrogen and oxygen atoms in total. The molecule has 0 bridgehead atoms. The second-order valence-corrected chi connectivity index (χ2v) is 9.90. The Balaban J connectivity index is 1.63. The molecule has 1 amide bonds. The molecule has 164 valence electrons. The number of rotatable bonds is 5. The van der Waals surface area contributed by atoms with Gasteiger partial charge < -0.3 is 5.32 Å². The minimum Gasteiger partial charge on any atom is -0.321 e. The van der Waals surface area contributed by atoms with E-state index in [2.05, 4.69) is 5.32 Å². The van der Waals surface area contributed by atoms with Crippen LogP contribution in [-0.2, 0) is 23.0 Å². The predicted molar refractivity (Wildman–Crippen MR) is 124 cm³/mol. The first-order valence-corrected chi connectivity index (χ1v) is 11.9. The van der Waals surface area contributed by atoms with Gasteiger partial charge in [0.05, 0.1) is 21.2 Å². The van der Waals surface area contributed by atoms with E-state index < -0.39 is 15.9 Å². The number of carbonyl (C=O) groups is 2. The van der Waals surface area contributed by atoms with Gasteiger partial charge in [0.2, 0.25) is 10.0 Å². The van der Waals surface area contributed by atoms with E-state index in [9.17, 15) is 18.0 Å². The first kappa shape index (κ1) is 22.2. The first-order chi connectivity index (χ1) is 15.3. The quantitative estimate of drug-likeness (QED) is 0.557. The molecule has 0 saturated heterocycles. The van der Waals surface area contributed by atoms with E-state index in [0.29, 0.717) is 24.2 Å². The summed E-state index contributed by atoms with van der Waals surface area (Å²) in [5.41, 5.74) is 2.81. The van der Waals surface area contributed by atoms with Crippen molar-refractivity contribution in [2.45, 2.75) is 24.8 Å². The molecule has 1 aliphatic rings. The number of anilines is 1. The Morgan fingerprint density at radius 2 is 1.62 bits per heavy atom. The zero-order chi connectivity index (χ0) is 22.9. The molecule has 0 saturated carbocycles. The van der Waals surface area contributed by atoms with E-state index in [1.54, 1.807) is 24.3 Å². The molecule has 0 atom stereocenters. The summed E-state index contributed by atoms with van der Waals surface area (Å²) < 4.78 is 28.0. The standard InChI is InChI=1S/C24H21ClN2O4S/c1-16(28)20-8-4-5-9-23(20)26-24(29)21-14-19(10-11-22(21)25)32(30,31)27-13-12-17-6-2-3-7-18(17)15-27/h2-11,14H,12-13,15H2,1H3,(H,26,29). The predicted octanol–water partition coefficient (Wildman–Crippen LogP) is 4.54. The van der Waals surface area contributed by atoms with Crippen molar-refractivity contribution in [3.8, 4) is 0 Å². The van der Waals surface area contributed by atoms with Crippen LogP contribution < -0.4 is 5.32 Å². The van der Waals surface area contributed by atoms with Crippen LogP contribution in [0.15, 0.2) is 71.6 Å². The minimum absolute atomic E-state index is 0.00807. The first-order valence-electron chi connectivity index (χ1n) is 10.0. The van der Waals surface area contributed by atoms with E-state index in [-0.39, 0.29) is 27.8 Å². The molecule has 0 unspecified atom stereocenters. The zero-order valence-electron chi connectivity index (χ0n) is 17.3. The van der Waals surface area contributed by atoms with Gasteiger partial charge in [0.15, 0.2) is 5.78 Å². The average molecular weight is 469 g/mol. The van der Waals surface area contributed by atoms with Crippen LogP contribution in [0.25, 0.3) is 0 Å². The summed E-state index contributed by atoms with van der Waals surface area (Å²) in [6.45, 7) is 2.03. The van der Waals surface area contributed by atoms with Gasteiger partial charge in [-0.3, -0.25) is 9.59 Å². The molecule has 0 spiro atoms. The smallest absolute Gasteiger partial charge is 0.257 e. The zero-order valence-corrected chi connectivity index (χ0v) is 18.9. The molecular weight excluding hydrogens is 448 g/mol. The average Bonchev–Trinajstić information content (AvgIpc) is 2.79. The molecule has 0 radical (unpaired) electrons. The van der Waals surface area contributed by atoms with Crippen LogP contribution in [0.3, 0.4) is 0 Å². The number of benzene rings is 3. The van der Waals surface area contributed by atoms with Gasteiger partial charge in [-0.1, -0.05) is 48.0 Å². The highest BCUT2D eigenvalue weighted by molar-refractivity contribution is 7.89. The van der Waals surface area contributed by atoms with Crippen molar-refractivity contribution < 1.29 is 18.0 Å². The highest BCUT2D eigenvalue weighted by atomic mass is 35.5. The Labute approximate surface area is 191 Å². The van der Waals surface area contributed by atoms with Gasteiger partial charge in [0, 0.05) is 18.7 Å². The van der Waals surface area contributed by atoms with Crippen molar-refractivity contribution in [2.24, 2.45) is 0 Å². The molecule has 1 N–H and O–H groups in total. The number of nitrogens with one attached hydrogen (secondary N) is 1. The van der Waals surface area contributed by atoms with Gasteiger partial charge in [-0.25, -0.2) is 8.42 Å². The number of amides is 1. The third kappa shape index (κ3) is 4.32. The number of carbonyl (C=O) groups excluding carboxylic acids is 2. The fraction of sp³-hybridized carbons (Fsp3) is 0.167. The number of sulfonamides is 1. The number of hydrogen-bond donors (Lipinski definition) is 1. The Hall–Kier alpha value is -3.00. The van der Waals surface area contributed by atoms with Gasteiger partial charge in [-0.15, -0.1) is 0 Å². The van der Waals surface area contributed by atoms with Gasteiger partial charge in [0.1, 0.15) is 0 Å². The third-order valence-electron chi connectivity index (χ3n) is 5.47. The molecule has 1 heterocycles. The molecular formula is C24H21ClN2O4S. The summed E-state index contributed by atoms with van der Waals surface area (Å²) in [7, 11) is -3.83. The van der Waals surface area contributed by atoms with Gasteiger partial charge in [0.25, 0.3) is 5.91 Å². The highest BCUT2D eigenvalue weighted by Crippen LogP contribution is 2.28. The summed E-state index contributed by atoms with van der Waals surface area (Å²) >= 11 is 6.23. The number of hydrogen-bond acceptors (Lipinski definition) is 4. The molecule has 3 aromatic rings. The monoisotopic (exact) mass is 468 g/mol. The lowest BCUT2D eigenvalue weighted by Crippen LogP contribution is -2.36. The molecule has 3 aromatic carbocycles. The molecule has 0 aliphatic carbocycles. The van der Waals surface area contributed by atoms with E-state index in [1.807, 2.05) is 24.3 Å². The maximum atomic E-state index is 13.3. The number of nitrogens with zero attached hydrogens (tertiary/aromatic N) is 1. The second kappa shape index (κ2) is 8.86. The summed E-state index contributed by atoms with van der Waals surface area (Å²) in [6, 6.07) is 18.4. The SMILES string of the molecule is CC(=O)c1ccccc1NC(=O)c1cc(S(=O)(=O)N2CCc3ccccc3C2)ccc1Cl. The van der Waals surface area contributed by atoms with Crippen LogP contribution in [0, 0.1) is 0 Å². The normalized spacial score (nSPS) is 13.9. The molecule has 32 heavy (non-hydrogen) atoms. The van der Waals surface area contributed by atoms with E-state index in [1.165, 1.54) is 29.4 Å².